The van der Waals surface area contributed by atoms with Crippen molar-refractivity contribution in [2.75, 3.05) is 33.1 Å². The first-order chi connectivity index (χ1) is 15.5. The number of methoxy groups -OCH3 is 1. The number of unbranched alkanes of at least 4 members (excludes halogenated alkanes) is 1. The summed E-state index contributed by atoms with van der Waals surface area (Å²) >= 11 is 0. The summed E-state index contributed by atoms with van der Waals surface area (Å²) in [4.78, 5) is 30.5. The highest BCUT2D eigenvalue weighted by atomic mass is 16.5. The maximum absolute atomic E-state index is 13.6. The SMILES string of the molecule is CCCCN1C(=O)CCC(C(=O)Nc2ccccc2CN(C)C)C1c1ccccc1OC. The number of anilines is 1. The minimum atomic E-state index is -0.353. The molecule has 2 amide bonds. The molecule has 0 aromatic heterocycles. The van der Waals surface area contributed by atoms with Crippen molar-refractivity contribution in [2.24, 2.45) is 5.92 Å². The Kier molecular flexibility index (Phi) is 8.28. The molecule has 1 aliphatic rings. The highest BCUT2D eigenvalue weighted by Crippen LogP contribution is 2.41. The number of likely N-dealkylation sites (tertiary alicyclic amines) is 1. The van der Waals surface area contributed by atoms with Crippen molar-refractivity contribution in [3.05, 3.63) is 59.7 Å². The zero-order valence-corrected chi connectivity index (χ0v) is 19.6. The van der Waals surface area contributed by atoms with Crippen molar-refractivity contribution in [2.45, 2.75) is 45.2 Å². The summed E-state index contributed by atoms with van der Waals surface area (Å²) in [7, 11) is 5.65. The van der Waals surface area contributed by atoms with Crippen LogP contribution in [0.5, 0.6) is 5.75 Å². The lowest BCUT2D eigenvalue weighted by Crippen LogP contribution is -2.47. The molecule has 2 unspecified atom stereocenters. The van der Waals surface area contributed by atoms with Gasteiger partial charge >= 0.3 is 0 Å². The molecule has 3 rings (SSSR count). The average Bonchev–Trinajstić information content (AvgIpc) is 2.79. The van der Waals surface area contributed by atoms with E-state index >= 15 is 0 Å². The molecule has 1 fully saturated rings. The topological polar surface area (TPSA) is 61.9 Å². The van der Waals surface area contributed by atoms with Gasteiger partial charge in [0.25, 0.3) is 0 Å². The van der Waals surface area contributed by atoms with Crippen molar-refractivity contribution in [1.82, 2.24) is 9.80 Å². The van der Waals surface area contributed by atoms with Crippen LogP contribution in [0.15, 0.2) is 48.5 Å². The number of carbonyl (C=O) groups is 2. The van der Waals surface area contributed by atoms with E-state index in [1.807, 2.05) is 67.5 Å². The monoisotopic (exact) mass is 437 g/mol. The van der Waals surface area contributed by atoms with Crippen molar-refractivity contribution in [3.8, 4) is 5.75 Å². The second kappa shape index (κ2) is 11.1. The Morgan fingerprint density at radius 3 is 2.59 bits per heavy atom. The van der Waals surface area contributed by atoms with Crippen molar-refractivity contribution in [1.29, 1.82) is 0 Å². The number of hydrogen-bond acceptors (Lipinski definition) is 4. The van der Waals surface area contributed by atoms with Crippen LogP contribution in [-0.4, -0.2) is 49.4 Å². The standard InChI is InChI=1S/C26H35N3O3/c1-5-6-17-29-24(30)16-15-21(25(29)20-12-8-10-14-23(20)32-4)26(31)27-22-13-9-7-11-19(22)18-28(2)3/h7-14,21,25H,5-6,15-18H2,1-4H3,(H,27,31). The highest BCUT2D eigenvalue weighted by molar-refractivity contribution is 5.95. The minimum Gasteiger partial charge on any atom is -0.496 e. The molecule has 1 aliphatic heterocycles. The Bertz CT molecular complexity index is 928. The normalized spacial score (nSPS) is 18.7. The Labute approximate surface area is 191 Å². The van der Waals surface area contributed by atoms with E-state index in [0.29, 0.717) is 25.1 Å². The lowest BCUT2D eigenvalue weighted by Gasteiger charge is -2.41. The van der Waals surface area contributed by atoms with Crippen LogP contribution in [0.2, 0.25) is 0 Å². The van der Waals surface area contributed by atoms with Gasteiger partial charge in [-0.15, -0.1) is 0 Å². The van der Waals surface area contributed by atoms with Crippen LogP contribution in [0.25, 0.3) is 0 Å². The van der Waals surface area contributed by atoms with E-state index in [2.05, 4.69) is 17.1 Å². The average molecular weight is 438 g/mol. The maximum Gasteiger partial charge on any atom is 0.229 e. The van der Waals surface area contributed by atoms with E-state index in [9.17, 15) is 9.59 Å². The Morgan fingerprint density at radius 2 is 1.88 bits per heavy atom. The number of para-hydroxylation sites is 2. The van der Waals surface area contributed by atoms with Crippen LogP contribution >= 0.6 is 0 Å². The van der Waals surface area contributed by atoms with E-state index in [1.54, 1.807) is 7.11 Å². The zero-order valence-electron chi connectivity index (χ0n) is 19.6. The first-order valence-electron chi connectivity index (χ1n) is 11.4. The van der Waals surface area contributed by atoms with Gasteiger partial charge in [0, 0.05) is 30.8 Å². The predicted molar refractivity (Wildman–Crippen MR) is 128 cm³/mol. The maximum atomic E-state index is 13.6. The summed E-state index contributed by atoms with van der Waals surface area (Å²) in [5.74, 6) is 0.403. The van der Waals surface area contributed by atoms with E-state index < -0.39 is 0 Å². The third kappa shape index (κ3) is 5.49. The summed E-state index contributed by atoms with van der Waals surface area (Å²) in [6.07, 6.45) is 2.78. The zero-order chi connectivity index (χ0) is 23.1. The lowest BCUT2D eigenvalue weighted by molar-refractivity contribution is -0.142. The van der Waals surface area contributed by atoms with Crippen molar-refractivity contribution in [3.63, 3.8) is 0 Å². The molecular weight excluding hydrogens is 402 g/mol. The molecule has 32 heavy (non-hydrogen) atoms. The summed E-state index contributed by atoms with van der Waals surface area (Å²) in [5.41, 5.74) is 2.78. The third-order valence-corrected chi connectivity index (χ3v) is 6.02. The fourth-order valence-electron chi connectivity index (χ4n) is 4.46. The van der Waals surface area contributed by atoms with Gasteiger partial charge in [0.05, 0.1) is 19.1 Å². The van der Waals surface area contributed by atoms with Gasteiger partial charge in [-0.25, -0.2) is 0 Å². The Balaban J connectivity index is 1.95. The summed E-state index contributed by atoms with van der Waals surface area (Å²) in [6, 6.07) is 15.3. The number of carbonyl (C=O) groups excluding carboxylic acids is 2. The van der Waals surface area contributed by atoms with Crippen LogP contribution in [0.1, 0.15) is 49.8 Å². The van der Waals surface area contributed by atoms with Crippen LogP contribution in [0.4, 0.5) is 5.69 Å². The molecule has 2 aromatic carbocycles. The number of nitrogens with one attached hydrogen (secondary N) is 1. The highest BCUT2D eigenvalue weighted by Gasteiger charge is 2.41. The van der Waals surface area contributed by atoms with Gasteiger partial charge < -0.3 is 19.9 Å². The van der Waals surface area contributed by atoms with Crippen molar-refractivity contribution < 1.29 is 14.3 Å². The smallest absolute Gasteiger partial charge is 0.229 e. The molecule has 6 nitrogen and oxygen atoms in total. The van der Waals surface area contributed by atoms with E-state index in [1.165, 1.54) is 0 Å². The number of piperidine rings is 1. The van der Waals surface area contributed by atoms with Crippen LogP contribution in [0.3, 0.4) is 0 Å². The third-order valence-electron chi connectivity index (χ3n) is 6.02. The van der Waals surface area contributed by atoms with E-state index in [-0.39, 0.29) is 23.8 Å². The van der Waals surface area contributed by atoms with E-state index in [0.717, 1.165) is 36.2 Å². The molecular formula is C26H35N3O3. The second-order valence-corrected chi connectivity index (χ2v) is 8.66. The number of ether oxygens (including phenoxy) is 1. The molecule has 0 aliphatic carbocycles. The van der Waals surface area contributed by atoms with Gasteiger partial charge in [0.1, 0.15) is 5.75 Å². The predicted octanol–water partition coefficient (Wildman–Crippen LogP) is 4.48. The number of amides is 2. The van der Waals surface area contributed by atoms with Gasteiger partial charge in [0.15, 0.2) is 0 Å². The molecule has 0 saturated carbocycles. The Morgan fingerprint density at radius 1 is 1.16 bits per heavy atom. The van der Waals surface area contributed by atoms with Crippen LogP contribution in [-0.2, 0) is 16.1 Å². The summed E-state index contributed by atoms with van der Waals surface area (Å²) in [6.45, 7) is 3.48. The molecule has 1 heterocycles. The summed E-state index contributed by atoms with van der Waals surface area (Å²) in [5, 5.41) is 3.17. The molecule has 0 bridgehead atoms. The molecule has 2 atom stereocenters. The quantitative estimate of drug-likeness (QED) is 0.629. The van der Waals surface area contributed by atoms with Gasteiger partial charge in [-0.2, -0.15) is 0 Å². The summed E-state index contributed by atoms with van der Waals surface area (Å²) < 4.78 is 5.62. The number of hydrogen-bond donors (Lipinski definition) is 1. The molecule has 1 saturated heterocycles. The number of benzene rings is 2. The van der Waals surface area contributed by atoms with Gasteiger partial charge in [-0.3, -0.25) is 9.59 Å². The Hall–Kier alpha value is -2.86. The first-order valence-corrected chi connectivity index (χ1v) is 11.4. The molecule has 2 aromatic rings. The minimum absolute atomic E-state index is 0.0545. The molecule has 1 N–H and O–H groups in total. The van der Waals surface area contributed by atoms with Crippen LogP contribution in [0, 0.1) is 5.92 Å². The first kappa shape index (κ1) is 23.8. The van der Waals surface area contributed by atoms with Crippen molar-refractivity contribution >= 4 is 17.5 Å². The molecule has 6 heteroatoms. The number of nitrogens with zero attached hydrogens (tertiary/aromatic N) is 2. The van der Waals surface area contributed by atoms with Gasteiger partial charge in [0.2, 0.25) is 11.8 Å². The molecule has 172 valence electrons. The largest absolute Gasteiger partial charge is 0.496 e. The molecule has 0 spiro atoms. The fourth-order valence-corrected chi connectivity index (χ4v) is 4.46. The van der Waals surface area contributed by atoms with E-state index in [4.69, 9.17) is 4.74 Å². The van der Waals surface area contributed by atoms with Gasteiger partial charge in [-0.05, 0) is 44.6 Å². The van der Waals surface area contributed by atoms with Gasteiger partial charge in [-0.1, -0.05) is 49.7 Å². The number of rotatable bonds is 9. The van der Waals surface area contributed by atoms with Crippen LogP contribution < -0.4 is 10.1 Å². The molecule has 0 radical (unpaired) electrons. The second-order valence-electron chi connectivity index (χ2n) is 8.66. The lowest BCUT2D eigenvalue weighted by atomic mass is 9.83. The fraction of sp³-hybridized carbons (Fsp3) is 0.462.